The summed E-state index contributed by atoms with van der Waals surface area (Å²) in [5, 5.41) is 11.8. The van der Waals surface area contributed by atoms with Crippen molar-refractivity contribution in [3.05, 3.63) is 47.0 Å². The lowest BCUT2D eigenvalue weighted by Crippen LogP contribution is -2.48. The smallest absolute Gasteiger partial charge is 0.191 e. The minimum atomic E-state index is 0. The van der Waals surface area contributed by atoms with E-state index in [1.807, 2.05) is 4.68 Å². The molecular weight excluding hydrogens is 479 g/mol. The van der Waals surface area contributed by atoms with E-state index in [1.165, 1.54) is 11.1 Å². The Kier molecular flexibility index (Phi) is 7.50. The van der Waals surface area contributed by atoms with Gasteiger partial charge in [0.25, 0.3) is 0 Å². The number of aliphatic imine (C=N–C) groups is 1. The number of methoxy groups -OCH3 is 1. The van der Waals surface area contributed by atoms with Gasteiger partial charge in [0, 0.05) is 38.1 Å². The molecule has 0 spiro atoms. The molecule has 158 valence electrons. The summed E-state index contributed by atoms with van der Waals surface area (Å²) in [4.78, 5) is 9.22. The molecule has 1 fully saturated rings. The van der Waals surface area contributed by atoms with E-state index in [2.05, 4.69) is 63.8 Å². The van der Waals surface area contributed by atoms with Gasteiger partial charge >= 0.3 is 0 Å². The number of hydrogen-bond donors (Lipinski definition) is 2. The van der Waals surface area contributed by atoms with E-state index < -0.39 is 0 Å². The number of aryl methyl sites for hydroxylation is 2. The van der Waals surface area contributed by atoms with Crippen LogP contribution in [0.5, 0.6) is 0 Å². The second-order valence-corrected chi connectivity index (χ2v) is 7.71. The number of rotatable bonds is 6. The standard InChI is InChI=1S/C21H30N6O.HI/c1-4-22-21(24-18-11-17(18)16-8-6-5-7-14(16)2)23-15-9-10-20-25-19(13-28-3)26-27(20)12-15;/h5-8,15,17-18H,4,9-13H2,1-3H3,(H2,22,23,24);1H. The van der Waals surface area contributed by atoms with Crippen molar-refractivity contribution in [3.63, 3.8) is 0 Å². The molecule has 3 unspecified atom stereocenters. The van der Waals surface area contributed by atoms with Gasteiger partial charge in [0.15, 0.2) is 11.8 Å². The number of halogens is 1. The molecule has 2 aromatic rings. The van der Waals surface area contributed by atoms with Crippen LogP contribution in [0.2, 0.25) is 0 Å². The highest BCUT2D eigenvalue weighted by molar-refractivity contribution is 14.0. The third kappa shape index (κ3) is 5.28. The van der Waals surface area contributed by atoms with Crippen LogP contribution in [0.3, 0.4) is 0 Å². The van der Waals surface area contributed by atoms with Crippen molar-refractivity contribution in [2.45, 2.75) is 64.3 Å². The minimum absolute atomic E-state index is 0. The lowest BCUT2D eigenvalue weighted by molar-refractivity contribution is 0.177. The summed E-state index contributed by atoms with van der Waals surface area (Å²) in [5.41, 5.74) is 2.82. The Morgan fingerprint density at radius 3 is 2.90 bits per heavy atom. The predicted octanol–water partition coefficient (Wildman–Crippen LogP) is 2.78. The number of ether oxygens (including phenoxy) is 1. The van der Waals surface area contributed by atoms with Crippen LogP contribution in [-0.4, -0.2) is 46.5 Å². The van der Waals surface area contributed by atoms with Crippen LogP contribution >= 0.6 is 24.0 Å². The molecule has 0 saturated heterocycles. The maximum absolute atomic E-state index is 5.15. The van der Waals surface area contributed by atoms with Gasteiger partial charge < -0.3 is 15.4 Å². The van der Waals surface area contributed by atoms with Gasteiger partial charge in [-0.05, 0) is 37.8 Å². The maximum Gasteiger partial charge on any atom is 0.191 e. The first kappa shape index (κ1) is 22.0. The average Bonchev–Trinajstić information content (AvgIpc) is 3.31. The van der Waals surface area contributed by atoms with Gasteiger partial charge in [-0.15, -0.1) is 24.0 Å². The molecule has 2 aliphatic rings. The summed E-state index contributed by atoms with van der Waals surface area (Å²) in [6.07, 6.45) is 3.11. The van der Waals surface area contributed by atoms with E-state index in [4.69, 9.17) is 4.74 Å². The molecular formula is C21H31IN6O. The molecule has 2 heterocycles. The Hall–Kier alpha value is -1.68. The SMILES string of the molecule is CCN=C(NC1CCc2nc(COC)nn2C1)NC1CC1c1ccccc1C.I. The lowest BCUT2D eigenvalue weighted by Gasteiger charge is -2.25. The van der Waals surface area contributed by atoms with E-state index in [9.17, 15) is 0 Å². The van der Waals surface area contributed by atoms with Gasteiger partial charge in [0.2, 0.25) is 0 Å². The molecule has 2 N–H and O–H groups in total. The first-order valence-electron chi connectivity index (χ1n) is 10.2. The van der Waals surface area contributed by atoms with Gasteiger partial charge in [0.1, 0.15) is 12.4 Å². The van der Waals surface area contributed by atoms with Gasteiger partial charge in [0.05, 0.1) is 6.54 Å². The van der Waals surface area contributed by atoms with Gasteiger partial charge in [-0.3, -0.25) is 4.99 Å². The molecule has 0 radical (unpaired) electrons. The van der Waals surface area contributed by atoms with Crippen molar-refractivity contribution in [1.82, 2.24) is 25.4 Å². The highest BCUT2D eigenvalue weighted by Gasteiger charge is 2.40. The fraction of sp³-hybridized carbons (Fsp3) is 0.571. The highest BCUT2D eigenvalue weighted by atomic mass is 127. The molecule has 7 nitrogen and oxygen atoms in total. The number of guanidine groups is 1. The van der Waals surface area contributed by atoms with Crippen molar-refractivity contribution in [2.24, 2.45) is 4.99 Å². The minimum Gasteiger partial charge on any atom is -0.377 e. The second kappa shape index (κ2) is 9.88. The summed E-state index contributed by atoms with van der Waals surface area (Å²) in [7, 11) is 1.67. The number of aromatic nitrogens is 3. The first-order chi connectivity index (χ1) is 13.7. The van der Waals surface area contributed by atoms with Crippen LogP contribution in [-0.2, 0) is 24.3 Å². The largest absolute Gasteiger partial charge is 0.377 e. The summed E-state index contributed by atoms with van der Waals surface area (Å²) >= 11 is 0. The fourth-order valence-electron chi connectivity index (χ4n) is 4.03. The second-order valence-electron chi connectivity index (χ2n) is 7.71. The Morgan fingerprint density at radius 1 is 1.31 bits per heavy atom. The van der Waals surface area contributed by atoms with Crippen molar-refractivity contribution >= 4 is 29.9 Å². The predicted molar refractivity (Wildman–Crippen MR) is 125 cm³/mol. The number of nitrogens with one attached hydrogen (secondary N) is 2. The van der Waals surface area contributed by atoms with E-state index in [-0.39, 0.29) is 24.0 Å². The molecule has 1 aromatic carbocycles. The molecule has 1 aliphatic carbocycles. The molecule has 29 heavy (non-hydrogen) atoms. The van der Waals surface area contributed by atoms with E-state index in [0.29, 0.717) is 24.6 Å². The Labute approximate surface area is 189 Å². The molecule has 0 bridgehead atoms. The maximum atomic E-state index is 5.15. The summed E-state index contributed by atoms with van der Waals surface area (Å²) in [6.45, 7) is 6.30. The molecule has 8 heteroatoms. The van der Waals surface area contributed by atoms with E-state index in [0.717, 1.165) is 50.0 Å². The molecule has 1 aromatic heterocycles. The Morgan fingerprint density at radius 2 is 2.14 bits per heavy atom. The van der Waals surface area contributed by atoms with Gasteiger partial charge in [-0.25, -0.2) is 9.67 Å². The van der Waals surface area contributed by atoms with E-state index in [1.54, 1.807) is 7.11 Å². The number of benzene rings is 1. The quantitative estimate of drug-likeness (QED) is 0.355. The van der Waals surface area contributed by atoms with Crippen LogP contribution in [0.4, 0.5) is 0 Å². The molecule has 3 atom stereocenters. The zero-order valence-corrected chi connectivity index (χ0v) is 19.7. The Bertz CT molecular complexity index is 851. The van der Waals surface area contributed by atoms with Crippen molar-refractivity contribution < 1.29 is 4.74 Å². The fourth-order valence-corrected chi connectivity index (χ4v) is 4.03. The number of fused-ring (bicyclic) bond motifs is 1. The van der Waals surface area contributed by atoms with Gasteiger partial charge in [-0.2, -0.15) is 5.10 Å². The van der Waals surface area contributed by atoms with Crippen LogP contribution in [0.15, 0.2) is 29.3 Å². The summed E-state index contributed by atoms with van der Waals surface area (Å²) in [6, 6.07) is 9.44. The van der Waals surface area contributed by atoms with Crippen molar-refractivity contribution in [3.8, 4) is 0 Å². The summed E-state index contributed by atoms with van der Waals surface area (Å²) < 4.78 is 7.16. The van der Waals surface area contributed by atoms with Crippen LogP contribution in [0, 0.1) is 6.92 Å². The monoisotopic (exact) mass is 510 g/mol. The topological polar surface area (TPSA) is 76.4 Å². The normalized spacial score (nSPS) is 23.1. The molecule has 1 aliphatic heterocycles. The van der Waals surface area contributed by atoms with Crippen molar-refractivity contribution in [1.29, 1.82) is 0 Å². The average molecular weight is 510 g/mol. The Balaban J connectivity index is 0.00000240. The third-order valence-electron chi connectivity index (χ3n) is 5.53. The van der Waals surface area contributed by atoms with Crippen molar-refractivity contribution in [2.75, 3.05) is 13.7 Å². The lowest BCUT2D eigenvalue weighted by atomic mass is 10.0. The number of nitrogens with zero attached hydrogens (tertiary/aromatic N) is 4. The van der Waals surface area contributed by atoms with Gasteiger partial charge in [-0.1, -0.05) is 24.3 Å². The highest BCUT2D eigenvalue weighted by Crippen LogP contribution is 2.42. The zero-order valence-electron chi connectivity index (χ0n) is 17.4. The van der Waals surface area contributed by atoms with Crippen LogP contribution < -0.4 is 10.6 Å². The van der Waals surface area contributed by atoms with Crippen LogP contribution in [0.1, 0.15) is 48.5 Å². The zero-order chi connectivity index (χ0) is 19.5. The molecule has 0 amide bonds. The number of hydrogen-bond acceptors (Lipinski definition) is 4. The summed E-state index contributed by atoms with van der Waals surface area (Å²) in [5.74, 6) is 3.30. The van der Waals surface area contributed by atoms with E-state index >= 15 is 0 Å². The van der Waals surface area contributed by atoms with Crippen LogP contribution in [0.25, 0.3) is 0 Å². The third-order valence-corrected chi connectivity index (χ3v) is 5.53. The molecule has 1 saturated carbocycles. The first-order valence-corrected chi connectivity index (χ1v) is 10.2. The molecule has 4 rings (SSSR count).